The van der Waals surface area contributed by atoms with Crippen LogP contribution in [0.2, 0.25) is 0 Å². The molecule has 3 heterocycles. The second kappa shape index (κ2) is 6.36. The van der Waals surface area contributed by atoms with Crippen LogP contribution in [-0.4, -0.2) is 37.1 Å². The van der Waals surface area contributed by atoms with Gasteiger partial charge in [-0.15, -0.1) is 0 Å². The maximum Gasteiger partial charge on any atom is 0.184 e. The predicted molar refractivity (Wildman–Crippen MR) is 86.0 cm³/mol. The molecule has 1 aromatic rings. The van der Waals surface area contributed by atoms with Crippen LogP contribution in [0.5, 0.6) is 0 Å². The van der Waals surface area contributed by atoms with Gasteiger partial charge in [-0.3, -0.25) is 0 Å². The Hall–Kier alpha value is -1.20. The Morgan fingerprint density at radius 1 is 1.09 bits per heavy atom. The zero-order valence-electron chi connectivity index (χ0n) is 13.5. The highest BCUT2D eigenvalue weighted by atomic mass is 16.7. The molecule has 0 unspecified atom stereocenters. The summed E-state index contributed by atoms with van der Waals surface area (Å²) in [6.07, 6.45) is 6.89. The van der Waals surface area contributed by atoms with Gasteiger partial charge in [0, 0.05) is 12.2 Å². The van der Waals surface area contributed by atoms with Crippen molar-refractivity contribution in [2.75, 3.05) is 13.2 Å². The average Bonchev–Trinajstić information content (AvgIpc) is 2.57. The Bertz CT molecular complexity index is 558. The van der Waals surface area contributed by atoms with E-state index in [-0.39, 0.29) is 30.2 Å². The minimum Gasteiger partial charge on any atom is -0.371 e. The van der Waals surface area contributed by atoms with Gasteiger partial charge in [0.2, 0.25) is 0 Å². The number of ether oxygens (including phenoxy) is 4. The molecule has 0 amide bonds. The highest BCUT2D eigenvalue weighted by molar-refractivity contribution is 5.16. The van der Waals surface area contributed by atoms with Crippen molar-refractivity contribution < 1.29 is 18.9 Å². The van der Waals surface area contributed by atoms with Gasteiger partial charge in [0.15, 0.2) is 6.29 Å². The van der Waals surface area contributed by atoms with Crippen LogP contribution in [0, 0.1) is 0 Å². The highest BCUT2D eigenvalue weighted by Crippen LogP contribution is 2.37. The second-order valence-corrected chi connectivity index (χ2v) is 6.78. The summed E-state index contributed by atoms with van der Waals surface area (Å²) in [4.78, 5) is 0. The maximum absolute atomic E-state index is 6.44. The molecule has 4 rings (SSSR count). The lowest BCUT2D eigenvalue weighted by Gasteiger charge is -2.46. The molecule has 1 aromatic carbocycles. The van der Waals surface area contributed by atoms with Crippen LogP contribution in [0.3, 0.4) is 0 Å². The quantitative estimate of drug-likeness (QED) is 0.744. The van der Waals surface area contributed by atoms with E-state index < -0.39 is 0 Å². The van der Waals surface area contributed by atoms with Gasteiger partial charge in [0.25, 0.3) is 0 Å². The summed E-state index contributed by atoms with van der Waals surface area (Å²) in [5.41, 5.74) is 0.770. The third-order valence-corrected chi connectivity index (χ3v) is 5.01. The Labute approximate surface area is 137 Å². The number of hydrogen-bond donors (Lipinski definition) is 0. The van der Waals surface area contributed by atoms with E-state index in [9.17, 15) is 0 Å². The standard InChI is InChI=1S/C19H24O4/c1-19-11-6-12-20-17(19)10-5-9-15-16(23-19)13-21-18(22-15)14-7-3-2-4-8-14/h2-5,7-8,10,15-18H,6,9,11-13H2,1H3/b10-5-/t15-,16+,17+,18+,19-/m0/s1. The normalized spacial score (nSPS) is 42.0. The molecular formula is C19H24O4. The Balaban J connectivity index is 1.52. The number of fused-ring (bicyclic) bond motifs is 2. The van der Waals surface area contributed by atoms with E-state index in [1.807, 2.05) is 30.3 Å². The number of rotatable bonds is 1. The summed E-state index contributed by atoms with van der Waals surface area (Å²) >= 11 is 0. The van der Waals surface area contributed by atoms with Gasteiger partial charge in [0.1, 0.15) is 12.2 Å². The van der Waals surface area contributed by atoms with Crippen molar-refractivity contribution in [3.05, 3.63) is 48.0 Å². The fourth-order valence-corrected chi connectivity index (χ4v) is 3.70. The van der Waals surface area contributed by atoms with Crippen LogP contribution < -0.4 is 0 Å². The molecule has 23 heavy (non-hydrogen) atoms. The molecule has 2 fully saturated rings. The first-order valence-electron chi connectivity index (χ1n) is 8.53. The van der Waals surface area contributed by atoms with Crippen molar-refractivity contribution in [3.8, 4) is 0 Å². The van der Waals surface area contributed by atoms with Crippen molar-refractivity contribution in [2.24, 2.45) is 0 Å². The summed E-state index contributed by atoms with van der Waals surface area (Å²) in [6.45, 7) is 3.51. The summed E-state index contributed by atoms with van der Waals surface area (Å²) < 4.78 is 24.5. The zero-order chi connectivity index (χ0) is 15.7. The molecule has 0 radical (unpaired) electrons. The minimum absolute atomic E-state index is 0.0184. The van der Waals surface area contributed by atoms with Crippen molar-refractivity contribution in [2.45, 2.75) is 56.4 Å². The molecule has 3 aliphatic heterocycles. The summed E-state index contributed by atoms with van der Waals surface area (Å²) in [5.74, 6) is 0. The highest BCUT2D eigenvalue weighted by Gasteiger charge is 2.44. The van der Waals surface area contributed by atoms with Gasteiger partial charge in [-0.05, 0) is 26.2 Å². The van der Waals surface area contributed by atoms with Crippen molar-refractivity contribution >= 4 is 0 Å². The van der Waals surface area contributed by atoms with Gasteiger partial charge in [-0.2, -0.15) is 0 Å². The third-order valence-electron chi connectivity index (χ3n) is 5.01. The molecule has 124 valence electrons. The molecule has 5 atom stereocenters. The molecule has 3 aliphatic rings. The van der Waals surface area contributed by atoms with E-state index in [1.165, 1.54) is 0 Å². The molecule has 0 bridgehead atoms. The van der Waals surface area contributed by atoms with Crippen LogP contribution >= 0.6 is 0 Å². The van der Waals surface area contributed by atoms with Gasteiger partial charge in [-0.1, -0.05) is 42.5 Å². The fourth-order valence-electron chi connectivity index (χ4n) is 3.70. The van der Waals surface area contributed by atoms with E-state index in [1.54, 1.807) is 0 Å². The van der Waals surface area contributed by atoms with E-state index in [0.717, 1.165) is 31.4 Å². The van der Waals surface area contributed by atoms with Crippen molar-refractivity contribution in [1.29, 1.82) is 0 Å². The Morgan fingerprint density at radius 2 is 1.96 bits per heavy atom. The monoisotopic (exact) mass is 316 g/mol. The summed E-state index contributed by atoms with van der Waals surface area (Å²) in [7, 11) is 0. The molecule has 0 N–H and O–H groups in total. The third kappa shape index (κ3) is 3.09. The van der Waals surface area contributed by atoms with Crippen molar-refractivity contribution in [1.82, 2.24) is 0 Å². The SMILES string of the molecule is C[C@]12CCCO[C@@H]1/C=C\C[C@@H]1O[C@H](c3ccccc3)OC[C@H]1O2. The lowest BCUT2D eigenvalue weighted by molar-refractivity contribution is -0.296. The first-order chi connectivity index (χ1) is 11.2. The van der Waals surface area contributed by atoms with Crippen LogP contribution in [-0.2, 0) is 18.9 Å². The lowest BCUT2D eigenvalue weighted by Crippen LogP contribution is -2.54. The van der Waals surface area contributed by atoms with Crippen LogP contribution in [0.1, 0.15) is 38.0 Å². The minimum atomic E-state index is -0.305. The molecule has 0 aromatic heterocycles. The van der Waals surface area contributed by atoms with E-state index in [4.69, 9.17) is 18.9 Å². The van der Waals surface area contributed by atoms with Gasteiger partial charge in [0.05, 0.1) is 18.3 Å². The first-order valence-corrected chi connectivity index (χ1v) is 8.53. The molecule has 0 saturated carbocycles. The summed E-state index contributed by atoms with van der Waals surface area (Å²) in [5, 5.41) is 0. The zero-order valence-corrected chi connectivity index (χ0v) is 13.5. The van der Waals surface area contributed by atoms with E-state index in [2.05, 4.69) is 19.1 Å². The van der Waals surface area contributed by atoms with Gasteiger partial charge >= 0.3 is 0 Å². The molecule has 0 aliphatic carbocycles. The Morgan fingerprint density at radius 3 is 2.83 bits per heavy atom. The maximum atomic E-state index is 6.44. The van der Waals surface area contributed by atoms with E-state index in [0.29, 0.717) is 6.61 Å². The Kier molecular flexibility index (Phi) is 4.24. The predicted octanol–water partition coefficient (Wildman–Crippen LogP) is 3.38. The van der Waals surface area contributed by atoms with Crippen molar-refractivity contribution in [3.63, 3.8) is 0 Å². The second-order valence-electron chi connectivity index (χ2n) is 6.78. The smallest absolute Gasteiger partial charge is 0.184 e. The van der Waals surface area contributed by atoms with Crippen LogP contribution in [0.4, 0.5) is 0 Å². The fraction of sp³-hybridized carbons (Fsp3) is 0.579. The molecule has 0 spiro atoms. The van der Waals surface area contributed by atoms with Crippen LogP contribution in [0.25, 0.3) is 0 Å². The topological polar surface area (TPSA) is 36.9 Å². The van der Waals surface area contributed by atoms with Gasteiger partial charge < -0.3 is 18.9 Å². The lowest BCUT2D eigenvalue weighted by atomic mass is 9.88. The molecule has 4 heteroatoms. The first kappa shape index (κ1) is 15.3. The van der Waals surface area contributed by atoms with Crippen LogP contribution in [0.15, 0.2) is 42.5 Å². The largest absolute Gasteiger partial charge is 0.371 e. The molecule has 4 nitrogen and oxygen atoms in total. The number of hydrogen-bond acceptors (Lipinski definition) is 4. The molecular weight excluding hydrogens is 292 g/mol. The molecule has 2 saturated heterocycles. The van der Waals surface area contributed by atoms with Gasteiger partial charge in [-0.25, -0.2) is 0 Å². The number of benzene rings is 1. The van der Waals surface area contributed by atoms with E-state index >= 15 is 0 Å². The average molecular weight is 316 g/mol. The summed E-state index contributed by atoms with van der Waals surface area (Å²) in [6, 6.07) is 10.1.